The molecule has 4 heteroatoms. The third kappa shape index (κ3) is 2.77. The molecule has 1 aromatic rings. The second kappa shape index (κ2) is 5.49. The largest absolute Gasteiger partial charge is 0.478 e. The molecule has 0 heterocycles. The molecular weight excluding hydrogens is 230 g/mol. The molecule has 0 spiro atoms. The smallest absolute Gasteiger partial charge is 0.333 e. The summed E-state index contributed by atoms with van der Waals surface area (Å²) in [5.74, 6) is -1.18. The topological polar surface area (TPSA) is 66.4 Å². The molecule has 0 saturated heterocycles. The fourth-order valence-corrected chi connectivity index (χ4v) is 2.08. The van der Waals surface area contributed by atoms with Gasteiger partial charge in [-0.25, -0.2) is 4.79 Å². The van der Waals surface area contributed by atoms with Crippen LogP contribution in [0.2, 0.25) is 0 Å². The number of carbonyl (C=O) groups is 2. The predicted molar refractivity (Wildman–Crippen MR) is 67.0 cm³/mol. The van der Waals surface area contributed by atoms with Crippen LogP contribution in [-0.4, -0.2) is 17.0 Å². The van der Waals surface area contributed by atoms with Crippen LogP contribution in [0.4, 0.5) is 0 Å². The highest BCUT2D eigenvalue weighted by Gasteiger charge is 2.20. The van der Waals surface area contributed by atoms with Gasteiger partial charge in [-0.2, -0.15) is 0 Å². The van der Waals surface area contributed by atoms with Crippen molar-refractivity contribution in [2.24, 2.45) is 0 Å². The van der Waals surface area contributed by atoms with Gasteiger partial charge in [-0.15, -0.1) is 0 Å². The van der Waals surface area contributed by atoms with Gasteiger partial charge in [0.2, 0.25) is 0 Å². The van der Waals surface area contributed by atoms with Crippen molar-refractivity contribution in [1.82, 2.24) is 5.32 Å². The van der Waals surface area contributed by atoms with Crippen molar-refractivity contribution >= 4 is 11.9 Å². The second-order valence-electron chi connectivity index (χ2n) is 4.29. The van der Waals surface area contributed by atoms with E-state index < -0.39 is 5.97 Å². The van der Waals surface area contributed by atoms with Crippen molar-refractivity contribution in [3.8, 4) is 0 Å². The highest BCUT2D eigenvalue weighted by Crippen LogP contribution is 2.23. The molecule has 0 radical (unpaired) electrons. The van der Waals surface area contributed by atoms with E-state index in [2.05, 4.69) is 5.32 Å². The van der Waals surface area contributed by atoms with Crippen molar-refractivity contribution in [2.75, 3.05) is 0 Å². The molecule has 1 aromatic carbocycles. The lowest BCUT2D eigenvalue weighted by molar-refractivity contribution is -0.133. The molecule has 18 heavy (non-hydrogen) atoms. The number of carbonyl (C=O) groups excluding carboxylic acids is 1. The molecule has 1 amide bonds. The molecular formula is C14H15NO3. The minimum absolute atomic E-state index is 0.244. The number of allylic oxidation sites excluding steroid dienone is 1. The number of carboxylic acids is 1. The van der Waals surface area contributed by atoms with E-state index in [0.717, 1.165) is 12.8 Å². The lowest BCUT2D eigenvalue weighted by atomic mass is 9.96. The molecule has 0 aromatic heterocycles. The number of amides is 1. The molecule has 1 aliphatic rings. The Morgan fingerprint density at radius 2 is 1.72 bits per heavy atom. The molecule has 0 saturated carbocycles. The van der Waals surface area contributed by atoms with Gasteiger partial charge in [0.25, 0.3) is 5.91 Å². The average molecular weight is 245 g/mol. The van der Waals surface area contributed by atoms with Crippen LogP contribution in [0, 0.1) is 0 Å². The first-order valence-electron chi connectivity index (χ1n) is 6.00. The number of aliphatic carboxylic acids is 1. The molecule has 0 fully saturated rings. The summed E-state index contributed by atoms with van der Waals surface area (Å²) < 4.78 is 0. The summed E-state index contributed by atoms with van der Waals surface area (Å²) in [5.41, 5.74) is 1.44. The zero-order valence-electron chi connectivity index (χ0n) is 9.98. The molecule has 0 bridgehead atoms. The Labute approximate surface area is 105 Å². The van der Waals surface area contributed by atoms with Crippen LogP contribution < -0.4 is 5.32 Å². The normalized spacial score (nSPS) is 15.3. The number of nitrogens with one attached hydrogen (secondary N) is 1. The molecule has 94 valence electrons. The number of rotatable bonds is 3. The Kier molecular flexibility index (Phi) is 3.77. The summed E-state index contributed by atoms with van der Waals surface area (Å²) in [6.07, 6.45) is 2.94. The highest BCUT2D eigenvalue weighted by molar-refractivity contribution is 5.96. The van der Waals surface area contributed by atoms with E-state index in [4.69, 9.17) is 5.11 Å². The highest BCUT2D eigenvalue weighted by atomic mass is 16.4. The fourth-order valence-electron chi connectivity index (χ4n) is 2.08. The quantitative estimate of drug-likeness (QED) is 0.858. The maximum Gasteiger partial charge on any atom is 0.333 e. The summed E-state index contributed by atoms with van der Waals surface area (Å²) in [6.45, 7) is 0. The Hall–Kier alpha value is -2.10. The van der Waals surface area contributed by atoms with E-state index in [1.807, 2.05) is 6.07 Å². The Bertz CT molecular complexity index is 491. The lowest BCUT2D eigenvalue weighted by Crippen LogP contribution is -2.27. The third-order valence-electron chi connectivity index (χ3n) is 3.03. The summed E-state index contributed by atoms with van der Waals surface area (Å²) in [4.78, 5) is 23.0. The number of carboxylic acid groups (broad SMARTS) is 1. The van der Waals surface area contributed by atoms with Crippen LogP contribution >= 0.6 is 0 Å². The zero-order valence-corrected chi connectivity index (χ0v) is 9.98. The van der Waals surface area contributed by atoms with E-state index in [-0.39, 0.29) is 5.91 Å². The van der Waals surface area contributed by atoms with Gasteiger partial charge >= 0.3 is 5.97 Å². The van der Waals surface area contributed by atoms with Crippen molar-refractivity contribution in [2.45, 2.75) is 25.7 Å². The average Bonchev–Trinajstić information content (AvgIpc) is 2.40. The minimum Gasteiger partial charge on any atom is -0.478 e. The first-order chi connectivity index (χ1) is 8.68. The second-order valence-corrected chi connectivity index (χ2v) is 4.29. The minimum atomic E-state index is -0.932. The van der Waals surface area contributed by atoms with Gasteiger partial charge in [-0.05, 0) is 37.8 Å². The van der Waals surface area contributed by atoms with E-state index >= 15 is 0 Å². The number of hydrogen-bond donors (Lipinski definition) is 2. The first-order valence-corrected chi connectivity index (χ1v) is 6.00. The number of hydrogen-bond acceptors (Lipinski definition) is 2. The van der Waals surface area contributed by atoms with E-state index in [1.165, 1.54) is 0 Å². The van der Waals surface area contributed by atoms with Gasteiger partial charge in [-0.1, -0.05) is 18.2 Å². The molecule has 1 aliphatic carbocycles. The van der Waals surface area contributed by atoms with Crippen LogP contribution in [0.25, 0.3) is 0 Å². The summed E-state index contributed by atoms with van der Waals surface area (Å²) in [6, 6.07) is 8.81. The van der Waals surface area contributed by atoms with Gasteiger partial charge in [0.15, 0.2) is 0 Å². The monoisotopic (exact) mass is 245 g/mol. The summed E-state index contributed by atoms with van der Waals surface area (Å²) in [7, 11) is 0. The van der Waals surface area contributed by atoms with Crippen molar-refractivity contribution in [1.29, 1.82) is 0 Å². The molecule has 2 N–H and O–H groups in total. The standard InChI is InChI=1S/C14H15NO3/c16-13(10-6-2-1-3-7-10)15-12-9-5-4-8-11(12)14(17)18/h1-3,6-7H,4-5,8-9H2,(H,15,16)(H,17,18). The van der Waals surface area contributed by atoms with Crippen LogP contribution in [0.5, 0.6) is 0 Å². The summed E-state index contributed by atoms with van der Waals surface area (Å²) >= 11 is 0. The van der Waals surface area contributed by atoms with Gasteiger partial charge in [0.1, 0.15) is 0 Å². The van der Waals surface area contributed by atoms with Crippen molar-refractivity contribution < 1.29 is 14.7 Å². The first kappa shape index (κ1) is 12.4. The number of benzene rings is 1. The molecule has 4 nitrogen and oxygen atoms in total. The van der Waals surface area contributed by atoms with E-state index in [0.29, 0.717) is 29.7 Å². The van der Waals surface area contributed by atoms with Crippen LogP contribution in [0.3, 0.4) is 0 Å². The van der Waals surface area contributed by atoms with Crippen molar-refractivity contribution in [3.63, 3.8) is 0 Å². The van der Waals surface area contributed by atoms with Gasteiger partial charge in [0.05, 0.1) is 5.57 Å². The van der Waals surface area contributed by atoms with Crippen molar-refractivity contribution in [3.05, 3.63) is 47.2 Å². The predicted octanol–water partition coefficient (Wildman–Crippen LogP) is 2.33. The van der Waals surface area contributed by atoms with Gasteiger partial charge in [-0.3, -0.25) is 4.79 Å². The van der Waals surface area contributed by atoms with E-state index in [9.17, 15) is 9.59 Å². The molecule has 0 unspecified atom stereocenters. The lowest BCUT2D eigenvalue weighted by Gasteiger charge is -2.18. The zero-order chi connectivity index (χ0) is 13.0. The summed E-state index contributed by atoms with van der Waals surface area (Å²) in [5, 5.41) is 11.8. The Balaban J connectivity index is 2.17. The van der Waals surface area contributed by atoms with Gasteiger partial charge in [0, 0.05) is 11.3 Å². The Morgan fingerprint density at radius 3 is 2.39 bits per heavy atom. The molecule has 0 atom stereocenters. The SMILES string of the molecule is O=C(O)C1=C(NC(=O)c2ccccc2)CCCC1. The Morgan fingerprint density at radius 1 is 1.06 bits per heavy atom. The van der Waals surface area contributed by atoms with Crippen LogP contribution in [0.15, 0.2) is 41.6 Å². The third-order valence-corrected chi connectivity index (χ3v) is 3.03. The fraction of sp³-hybridized carbons (Fsp3) is 0.286. The maximum atomic E-state index is 11.9. The van der Waals surface area contributed by atoms with Crippen LogP contribution in [-0.2, 0) is 4.79 Å². The van der Waals surface area contributed by atoms with Gasteiger partial charge < -0.3 is 10.4 Å². The molecule has 0 aliphatic heterocycles. The van der Waals surface area contributed by atoms with Crippen LogP contribution in [0.1, 0.15) is 36.0 Å². The maximum absolute atomic E-state index is 11.9. The van der Waals surface area contributed by atoms with E-state index in [1.54, 1.807) is 24.3 Å². The molecule has 2 rings (SSSR count).